The summed E-state index contributed by atoms with van der Waals surface area (Å²) in [5.74, 6) is -2.12. The van der Waals surface area contributed by atoms with Crippen LogP contribution in [-0.4, -0.2) is 63.0 Å². The number of hydrogen-bond acceptors (Lipinski definition) is 8. The van der Waals surface area contributed by atoms with Gasteiger partial charge in [-0.1, -0.05) is 35.9 Å². The van der Waals surface area contributed by atoms with Crippen molar-refractivity contribution in [3.05, 3.63) is 107 Å². The number of rotatable bonds is 7. The number of amides is 1. The molecule has 0 radical (unpaired) electrons. The van der Waals surface area contributed by atoms with Crippen molar-refractivity contribution < 1.29 is 27.1 Å². The number of likely N-dealkylation sites (tertiary alicyclic amines) is 1. The van der Waals surface area contributed by atoms with Crippen LogP contribution in [0.2, 0.25) is 5.02 Å². The van der Waals surface area contributed by atoms with Crippen molar-refractivity contribution in [2.45, 2.75) is 30.8 Å². The number of anilines is 3. The number of β-amino-alcohol motifs (C(OH)–C–C–N with tert-alkyl or cyclic N) is 1. The molecular formula is C34H28ClF2N7O4S. The van der Waals surface area contributed by atoms with Gasteiger partial charge in [0, 0.05) is 29.7 Å². The topological polar surface area (TPSA) is 142 Å². The third-order valence-corrected chi connectivity index (χ3v) is 10.3. The molecule has 1 fully saturated rings. The Kier molecular flexibility index (Phi) is 8.38. The summed E-state index contributed by atoms with van der Waals surface area (Å²) in [6, 6.07) is 16.9. The number of para-hydroxylation sites is 1. The highest BCUT2D eigenvalue weighted by molar-refractivity contribution is 7.92. The molecule has 7 rings (SSSR count). The fourth-order valence-corrected chi connectivity index (χ4v) is 7.51. The molecule has 11 nitrogen and oxygen atoms in total. The molecule has 3 N–H and O–H groups in total. The van der Waals surface area contributed by atoms with Crippen LogP contribution in [0.25, 0.3) is 27.8 Å². The SMILES string of the molecule is Cc1c(Cl)cccc1S(=O)(=O)Nc1ccc(F)c(Nc2ncnc3ccc(-n4cc(C(=O)N5CCC[C@@H](O)C5)c5ccccc54)nc23)c1F. The fourth-order valence-electron chi connectivity index (χ4n) is 5.95. The molecule has 1 amide bonds. The number of nitrogens with zero attached hydrogens (tertiary/aromatic N) is 5. The van der Waals surface area contributed by atoms with Gasteiger partial charge in [0.05, 0.1) is 33.3 Å². The van der Waals surface area contributed by atoms with Crippen LogP contribution in [0.3, 0.4) is 0 Å². The quantitative estimate of drug-likeness (QED) is 0.175. The van der Waals surface area contributed by atoms with Crippen molar-refractivity contribution in [3.63, 3.8) is 0 Å². The first-order valence-electron chi connectivity index (χ1n) is 15.2. The summed E-state index contributed by atoms with van der Waals surface area (Å²) < 4.78 is 61.2. The van der Waals surface area contributed by atoms with Gasteiger partial charge in [-0.15, -0.1) is 0 Å². The monoisotopic (exact) mass is 703 g/mol. The Morgan fingerprint density at radius 2 is 1.86 bits per heavy atom. The van der Waals surface area contributed by atoms with Crippen molar-refractivity contribution in [1.82, 2.24) is 24.4 Å². The molecule has 3 aromatic carbocycles. The van der Waals surface area contributed by atoms with Gasteiger partial charge in [0.1, 0.15) is 29.2 Å². The van der Waals surface area contributed by atoms with Gasteiger partial charge in [0.2, 0.25) is 0 Å². The predicted molar refractivity (Wildman–Crippen MR) is 182 cm³/mol. The molecule has 250 valence electrons. The van der Waals surface area contributed by atoms with E-state index in [1.165, 1.54) is 31.5 Å². The first kappa shape index (κ1) is 32.4. The number of sulfonamides is 1. The van der Waals surface area contributed by atoms with Crippen LogP contribution in [0.1, 0.15) is 28.8 Å². The molecule has 3 aromatic heterocycles. The molecule has 0 aliphatic carbocycles. The lowest BCUT2D eigenvalue weighted by molar-refractivity contribution is 0.0475. The number of fused-ring (bicyclic) bond motifs is 2. The minimum atomic E-state index is -4.30. The Morgan fingerprint density at radius 3 is 2.67 bits per heavy atom. The van der Waals surface area contributed by atoms with Crippen molar-refractivity contribution in [1.29, 1.82) is 0 Å². The standard InChI is InChI=1S/C34H28ClF2N7O4S/c1-19-23(35)8-4-10-28(19)49(47,48)42-25-12-11-24(36)31(30(25)37)41-33-32-26(38-18-39-33)13-14-29(40-32)44-17-22(21-7-2-3-9-27(21)44)34(46)43-15-5-6-20(45)16-43/h2-4,7-14,17-18,20,42,45H,5-6,15-16H2,1H3,(H,38,39,41)/t20-/m1/s1. The molecule has 49 heavy (non-hydrogen) atoms. The van der Waals surface area contributed by atoms with Crippen LogP contribution in [-0.2, 0) is 10.0 Å². The van der Waals surface area contributed by atoms with Crippen LogP contribution >= 0.6 is 11.6 Å². The second kappa shape index (κ2) is 12.7. The molecule has 4 heterocycles. The molecule has 0 unspecified atom stereocenters. The van der Waals surface area contributed by atoms with Gasteiger partial charge in [-0.2, -0.15) is 0 Å². The van der Waals surface area contributed by atoms with E-state index >= 15 is 8.78 Å². The van der Waals surface area contributed by atoms with Crippen molar-refractivity contribution in [2.75, 3.05) is 23.1 Å². The van der Waals surface area contributed by atoms with Crippen molar-refractivity contribution >= 4 is 66.7 Å². The largest absolute Gasteiger partial charge is 0.391 e. The predicted octanol–water partition coefficient (Wildman–Crippen LogP) is 6.35. The number of pyridine rings is 1. The Morgan fingerprint density at radius 1 is 1.04 bits per heavy atom. The zero-order valence-electron chi connectivity index (χ0n) is 25.9. The number of nitrogens with one attached hydrogen (secondary N) is 2. The smallest absolute Gasteiger partial charge is 0.262 e. The molecule has 6 aromatic rings. The minimum absolute atomic E-state index is 0.0505. The highest BCUT2D eigenvalue weighted by Gasteiger charge is 2.27. The first-order valence-corrected chi connectivity index (χ1v) is 17.1. The third-order valence-electron chi connectivity index (χ3n) is 8.43. The van der Waals surface area contributed by atoms with Crippen LogP contribution in [0, 0.1) is 18.6 Å². The second-order valence-corrected chi connectivity index (χ2v) is 13.7. The van der Waals surface area contributed by atoms with E-state index in [4.69, 9.17) is 16.6 Å². The maximum atomic E-state index is 15.8. The maximum Gasteiger partial charge on any atom is 0.262 e. The number of aliphatic hydroxyl groups is 1. The third kappa shape index (κ3) is 6.03. The van der Waals surface area contributed by atoms with Crippen LogP contribution in [0.4, 0.5) is 26.0 Å². The number of carbonyl (C=O) groups is 1. The first-order chi connectivity index (χ1) is 23.5. The lowest BCUT2D eigenvalue weighted by Crippen LogP contribution is -2.42. The Hall–Kier alpha value is -5.18. The Balaban J connectivity index is 1.26. The van der Waals surface area contributed by atoms with Crippen LogP contribution in [0.15, 0.2) is 84.1 Å². The number of aromatic nitrogens is 4. The summed E-state index contributed by atoms with van der Waals surface area (Å²) in [5, 5.41) is 13.7. The molecular weight excluding hydrogens is 676 g/mol. The molecule has 0 saturated carbocycles. The summed E-state index contributed by atoms with van der Waals surface area (Å²) in [7, 11) is -4.30. The van der Waals surface area contributed by atoms with E-state index in [1.807, 2.05) is 24.3 Å². The second-order valence-electron chi connectivity index (χ2n) is 11.6. The van der Waals surface area contributed by atoms with Crippen molar-refractivity contribution in [3.8, 4) is 5.82 Å². The van der Waals surface area contributed by atoms with E-state index in [1.54, 1.807) is 27.8 Å². The summed E-state index contributed by atoms with van der Waals surface area (Å²) >= 11 is 6.10. The summed E-state index contributed by atoms with van der Waals surface area (Å²) in [6.07, 6.45) is 3.63. The summed E-state index contributed by atoms with van der Waals surface area (Å²) in [6.45, 7) is 2.29. The number of aliphatic hydroxyl groups excluding tert-OH is 1. The van der Waals surface area contributed by atoms with E-state index in [0.717, 1.165) is 12.1 Å². The van der Waals surface area contributed by atoms with Crippen LogP contribution in [0.5, 0.6) is 0 Å². The van der Waals surface area contributed by atoms with Crippen LogP contribution < -0.4 is 10.0 Å². The number of benzene rings is 3. The Bertz CT molecular complexity index is 2390. The number of piperidine rings is 1. The molecule has 1 saturated heterocycles. The number of carbonyl (C=O) groups excluding carboxylic acids is 1. The average Bonchev–Trinajstić information content (AvgIpc) is 3.48. The fraction of sp³-hybridized carbons (Fsp3) is 0.176. The van der Waals surface area contributed by atoms with E-state index < -0.39 is 39.1 Å². The normalized spacial score (nSPS) is 15.1. The van der Waals surface area contributed by atoms with Gasteiger partial charge >= 0.3 is 0 Å². The van der Waals surface area contributed by atoms with E-state index in [2.05, 4.69) is 20.0 Å². The number of hydrogen-bond donors (Lipinski definition) is 3. The number of halogens is 3. The highest BCUT2D eigenvalue weighted by atomic mass is 35.5. The maximum absolute atomic E-state index is 15.8. The van der Waals surface area contributed by atoms with Gasteiger partial charge < -0.3 is 19.9 Å². The van der Waals surface area contributed by atoms with Gasteiger partial charge in [0.15, 0.2) is 11.6 Å². The lowest BCUT2D eigenvalue weighted by atomic mass is 10.1. The van der Waals surface area contributed by atoms with E-state index in [-0.39, 0.29) is 39.3 Å². The lowest BCUT2D eigenvalue weighted by Gasteiger charge is -2.30. The summed E-state index contributed by atoms with van der Waals surface area (Å²) in [4.78, 5) is 28.2. The molecule has 1 aliphatic rings. The molecule has 1 atom stereocenters. The zero-order chi connectivity index (χ0) is 34.4. The average molecular weight is 704 g/mol. The van der Waals surface area contributed by atoms with E-state index in [9.17, 15) is 18.3 Å². The van der Waals surface area contributed by atoms with Gasteiger partial charge in [-0.05, 0) is 67.8 Å². The highest BCUT2D eigenvalue weighted by Crippen LogP contribution is 2.33. The molecule has 0 bridgehead atoms. The summed E-state index contributed by atoms with van der Waals surface area (Å²) in [5.41, 5.74) is 0.726. The van der Waals surface area contributed by atoms with Gasteiger partial charge in [0.25, 0.3) is 15.9 Å². The van der Waals surface area contributed by atoms with E-state index in [0.29, 0.717) is 47.2 Å². The Labute approximate surface area is 284 Å². The molecule has 1 aliphatic heterocycles. The van der Waals surface area contributed by atoms with Crippen molar-refractivity contribution in [2.24, 2.45) is 0 Å². The molecule has 15 heteroatoms. The minimum Gasteiger partial charge on any atom is -0.391 e. The zero-order valence-corrected chi connectivity index (χ0v) is 27.4. The van der Waals surface area contributed by atoms with Gasteiger partial charge in [-0.25, -0.2) is 32.2 Å². The van der Waals surface area contributed by atoms with Gasteiger partial charge in [-0.3, -0.25) is 9.52 Å². The molecule has 0 spiro atoms.